The zero-order chi connectivity index (χ0) is 14.2. The average molecular weight is 273 g/mol. The number of hydrogen-bond donors (Lipinski definition) is 0. The lowest BCUT2D eigenvalue weighted by Crippen LogP contribution is -2.08. The molecule has 0 saturated heterocycles. The fourth-order valence-corrected chi connectivity index (χ4v) is 2.71. The fraction of sp³-hybridized carbons (Fsp3) is 0.235. The highest BCUT2D eigenvalue weighted by Gasteiger charge is 2.18. The number of aryl methyl sites for hydroxylation is 4. The molecule has 1 nitrogen and oxygen atoms in total. The van der Waals surface area contributed by atoms with Crippen molar-refractivity contribution in [3.05, 3.63) is 68.7 Å². The highest BCUT2D eigenvalue weighted by Crippen LogP contribution is 2.26. The minimum atomic E-state index is 0.00343. The summed E-state index contributed by atoms with van der Waals surface area (Å²) in [5.74, 6) is 0.00343. The van der Waals surface area contributed by atoms with Crippen LogP contribution in [-0.4, -0.2) is 5.78 Å². The first-order chi connectivity index (χ1) is 8.91. The second kappa shape index (κ2) is 5.18. The summed E-state index contributed by atoms with van der Waals surface area (Å²) < 4.78 is 0. The summed E-state index contributed by atoms with van der Waals surface area (Å²) in [5, 5.41) is 0.548. The molecule has 2 aromatic carbocycles. The van der Waals surface area contributed by atoms with Crippen molar-refractivity contribution in [3.8, 4) is 0 Å². The SMILES string of the molecule is Cc1cc(C)c(C(=O)c2cccc(C)c2Cl)c(C)c1. The quantitative estimate of drug-likeness (QED) is 0.718. The average Bonchev–Trinajstić information content (AvgIpc) is 2.31. The van der Waals surface area contributed by atoms with Crippen LogP contribution >= 0.6 is 11.6 Å². The molecular formula is C17H17ClO. The van der Waals surface area contributed by atoms with Gasteiger partial charge in [-0.15, -0.1) is 0 Å². The Morgan fingerprint density at radius 2 is 1.53 bits per heavy atom. The largest absolute Gasteiger partial charge is 0.289 e. The lowest BCUT2D eigenvalue weighted by Gasteiger charge is -2.12. The highest BCUT2D eigenvalue weighted by atomic mass is 35.5. The third-order valence-corrected chi connectivity index (χ3v) is 3.84. The molecule has 0 radical (unpaired) electrons. The summed E-state index contributed by atoms with van der Waals surface area (Å²) in [6, 6.07) is 9.63. The van der Waals surface area contributed by atoms with Gasteiger partial charge < -0.3 is 0 Å². The van der Waals surface area contributed by atoms with Crippen LogP contribution in [0.4, 0.5) is 0 Å². The van der Waals surface area contributed by atoms with Crippen LogP contribution < -0.4 is 0 Å². The van der Waals surface area contributed by atoms with Crippen molar-refractivity contribution in [3.63, 3.8) is 0 Å². The molecule has 0 aliphatic rings. The maximum Gasteiger partial charge on any atom is 0.195 e. The summed E-state index contributed by atoms with van der Waals surface area (Å²) in [6.07, 6.45) is 0. The van der Waals surface area contributed by atoms with Gasteiger partial charge in [0, 0.05) is 11.1 Å². The van der Waals surface area contributed by atoms with Gasteiger partial charge in [-0.25, -0.2) is 0 Å². The summed E-state index contributed by atoms with van der Waals surface area (Å²) in [5.41, 5.74) is 5.44. The van der Waals surface area contributed by atoms with Crippen molar-refractivity contribution in [1.82, 2.24) is 0 Å². The fourth-order valence-electron chi connectivity index (χ4n) is 2.50. The van der Waals surface area contributed by atoms with E-state index in [1.54, 1.807) is 6.07 Å². The van der Waals surface area contributed by atoms with E-state index in [9.17, 15) is 4.79 Å². The molecule has 0 fully saturated rings. The molecular weight excluding hydrogens is 256 g/mol. The Hall–Kier alpha value is -1.60. The van der Waals surface area contributed by atoms with Crippen molar-refractivity contribution in [2.75, 3.05) is 0 Å². The van der Waals surface area contributed by atoms with E-state index in [-0.39, 0.29) is 5.78 Å². The topological polar surface area (TPSA) is 17.1 Å². The Bertz CT molecular complexity index is 633. The molecule has 0 unspecified atom stereocenters. The number of hydrogen-bond acceptors (Lipinski definition) is 1. The van der Waals surface area contributed by atoms with Crippen molar-refractivity contribution < 1.29 is 4.79 Å². The molecule has 0 bridgehead atoms. The smallest absolute Gasteiger partial charge is 0.195 e. The van der Waals surface area contributed by atoms with E-state index >= 15 is 0 Å². The molecule has 2 rings (SSSR count). The molecule has 19 heavy (non-hydrogen) atoms. The van der Waals surface area contributed by atoms with E-state index in [1.165, 1.54) is 5.56 Å². The Morgan fingerprint density at radius 1 is 0.947 bits per heavy atom. The summed E-state index contributed by atoms with van der Waals surface area (Å²) in [4.78, 5) is 12.7. The maximum atomic E-state index is 12.7. The van der Waals surface area contributed by atoms with Gasteiger partial charge in [0.2, 0.25) is 0 Å². The summed E-state index contributed by atoms with van der Waals surface area (Å²) >= 11 is 6.25. The van der Waals surface area contributed by atoms with Gasteiger partial charge in [0.05, 0.1) is 5.02 Å². The minimum absolute atomic E-state index is 0.00343. The number of rotatable bonds is 2. The van der Waals surface area contributed by atoms with Gasteiger partial charge >= 0.3 is 0 Å². The predicted octanol–water partition coefficient (Wildman–Crippen LogP) is 4.80. The number of benzene rings is 2. The number of ketones is 1. The summed E-state index contributed by atoms with van der Waals surface area (Å²) in [7, 11) is 0. The van der Waals surface area contributed by atoms with Gasteiger partial charge in [0.15, 0.2) is 5.78 Å². The van der Waals surface area contributed by atoms with Gasteiger partial charge in [0.1, 0.15) is 0 Å². The molecule has 98 valence electrons. The minimum Gasteiger partial charge on any atom is -0.289 e. The molecule has 0 saturated carbocycles. The zero-order valence-corrected chi connectivity index (χ0v) is 12.4. The number of carbonyl (C=O) groups excluding carboxylic acids is 1. The number of carbonyl (C=O) groups is 1. The zero-order valence-electron chi connectivity index (χ0n) is 11.7. The molecule has 2 aromatic rings. The van der Waals surface area contributed by atoms with E-state index in [4.69, 9.17) is 11.6 Å². The van der Waals surface area contributed by atoms with Crippen LogP contribution in [0.2, 0.25) is 5.02 Å². The first kappa shape index (κ1) is 13.8. The number of halogens is 1. The van der Waals surface area contributed by atoms with Crippen LogP contribution in [0.5, 0.6) is 0 Å². The van der Waals surface area contributed by atoms with Crippen molar-refractivity contribution in [2.45, 2.75) is 27.7 Å². The van der Waals surface area contributed by atoms with E-state index in [0.29, 0.717) is 10.6 Å². The van der Waals surface area contributed by atoms with Crippen molar-refractivity contribution >= 4 is 17.4 Å². The highest BCUT2D eigenvalue weighted by molar-refractivity contribution is 6.35. The van der Waals surface area contributed by atoms with Crippen LogP contribution in [0, 0.1) is 27.7 Å². The van der Waals surface area contributed by atoms with Gasteiger partial charge in [0.25, 0.3) is 0 Å². The molecule has 2 heteroatoms. The third-order valence-electron chi connectivity index (χ3n) is 3.34. The molecule has 0 N–H and O–H groups in total. The Kier molecular flexibility index (Phi) is 3.77. The van der Waals surface area contributed by atoms with Crippen LogP contribution in [0.25, 0.3) is 0 Å². The summed E-state index contributed by atoms with van der Waals surface area (Å²) in [6.45, 7) is 7.88. The maximum absolute atomic E-state index is 12.7. The van der Waals surface area contributed by atoms with Crippen LogP contribution in [0.1, 0.15) is 38.2 Å². The molecule has 0 aromatic heterocycles. The van der Waals surface area contributed by atoms with Crippen molar-refractivity contribution in [1.29, 1.82) is 0 Å². The Balaban J connectivity index is 2.60. The van der Waals surface area contributed by atoms with E-state index in [1.807, 2.05) is 52.0 Å². The van der Waals surface area contributed by atoms with E-state index in [2.05, 4.69) is 0 Å². The second-order valence-corrected chi connectivity index (χ2v) is 5.42. The molecule has 0 aliphatic carbocycles. The molecule has 0 heterocycles. The lowest BCUT2D eigenvalue weighted by molar-refractivity contribution is 0.103. The van der Waals surface area contributed by atoms with Crippen molar-refractivity contribution in [2.24, 2.45) is 0 Å². The normalized spacial score (nSPS) is 10.6. The van der Waals surface area contributed by atoms with Crippen LogP contribution in [-0.2, 0) is 0 Å². The first-order valence-electron chi connectivity index (χ1n) is 6.29. The van der Waals surface area contributed by atoms with E-state index in [0.717, 1.165) is 22.3 Å². The Labute approximate surface area is 119 Å². The van der Waals surface area contributed by atoms with Crippen LogP contribution in [0.15, 0.2) is 30.3 Å². The second-order valence-electron chi connectivity index (χ2n) is 5.04. The van der Waals surface area contributed by atoms with Gasteiger partial charge in [-0.05, 0) is 50.5 Å². The van der Waals surface area contributed by atoms with Gasteiger partial charge in [-0.2, -0.15) is 0 Å². The van der Waals surface area contributed by atoms with Gasteiger partial charge in [-0.1, -0.05) is 41.4 Å². The Morgan fingerprint density at radius 3 is 2.11 bits per heavy atom. The molecule has 0 spiro atoms. The van der Waals surface area contributed by atoms with E-state index < -0.39 is 0 Å². The molecule has 0 atom stereocenters. The lowest BCUT2D eigenvalue weighted by atomic mass is 9.92. The molecule has 0 aliphatic heterocycles. The predicted molar refractivity (Wildman–Crippen MR) is 80.3 cm³/mol. The molecule has 0 amide bonds. The first-order valence-corrected chi connectivity index (χ1v) is 6.67. The van der Waals surface area contributed by atoms with Crippen LogP contribution in [0.3, 0.4) is 0 Å². The standard InChI is InChI=1S/C17H17ClO/c1-10-8-12(3)15(13(4)9-10)17(19)14-7-5-6-11(2)16(14)18/h5-9H,1-4H3. The monoisotopic (exact) mass is 272 g/mol. The third kappa shape index (κ3) is 2.57. The van der Waals surface area contributed by atoms with Gasteiger partial charge in [-0.3, -0.25) is 4.79 Å².